The maximum absolute atomic E-state index is 11.9. The van der Waals surface area contributed by atoms with Gasteiger partial charge < -0.3 is 15.7 Å². The second-order valence-corrected chi connectivity index (χ2v) is 5.24. The van der Waals surface area contributed by atoms with E-state index in [1.165, 1.54) is 0 Å². The summed E-state index contributed by atoms with van der Waals surface area (Å²) in [5, 5.41) is 14.7. The number of carbonyl (C=O) groups excluding carboxylic acids is 2. The summed E-state index contributed by atoms with van der Waals surface area (Å²) < 4.78 is 0. The molecule has 1 aliphatic carbocycles. The number of carbonyl (C=O) groups is 2. The van der Waals surface area contributed by atoms with E-state index >= 15 is 0 Å². The van der Waals surface area contributed by atoms with Crippen LogP contribution in [0.15, 0.2) is 24.3 Å². The molecule has 2 rings (SSSR count). The van der Waals surface area contributed by atoms with Crippen LogP contribution in [-0.2, 0) is 4.79 Å². The smallest absolute Gasteiger partial charge is 0.251 e. The minimum Gasteiger partial charge on any atom is -0.393 e. The van der Waals surface area contributed by atoms with E-state index in [0.717, 1.165) is 12.8 Å². The normalized spacial score (nSPS) is 15.5. The van der Waals surface area contributed by atoms with E-state index in [0.29, 0.717) is 24.2 Å². The van der Waals surface area contributed by atoms with Gasteiger partial charge in [0.2, 0.25) is 5.91 Å². The third-order valence-electron chi connectivity index (χ3n) is 3.19. The van der Waals surface area contributed by atoms with E-state index in [-0.39, 0.29) is 17.7 Å². The van der Waals surface area contributed by atoms with Crippen molar-refractivity contribution in [1.29, 1.82) is 0 Å². The summed E-state index contributed by atoms with van der Waals surface area (Å²) in [5.74, 6) is -0.0386. The summed E-state index contributed by atoms with van der Waals surface area (Å²) in [6.45, 7) is 2.11. The van der Waals surface area contributed by atoms with Crippen molar-refractivity contribution >= 4 is 17.5 Å². The lowest BCUT2D eigenvalue weighted by molar-refractivity contribution is -0.117. The molecular weight excluding hydrogens is 256 g/mol. The van der Waals surface area contributed by atoms with Gasteiger partial charge in [-0.3, -0.25) is 9.59 Å². The molecule has 1 saturated carbocycles. The van der Waals surface area contributed by atoms with Crippen LogP contribution in [0.4, 0.5) is 5.69 Å². The van der Waals surface area contributed by atoms with Crippen LogP contribution < -0.4 is 10.6 Å². The Bertz CT molecular complexity index is 496. The number of nitrogens with one attached hydrogen (secondary N) is 2. The van der Waals surface area contributed by atoms with Gasteiger partial charge in [-0.05, 0) is 44.4 Å². The summed E-state index contributed by atoms with van der Waals surface area (Å²) in [4.78, 5) is 23.6. The topological polar surface area (TPSA) is 78.4 Å². The fraction of sp³-hybridized carbons (Fsp3) is 0.467. The molecule has 0 aromatic heterocycles. The molecule has 20 heavy (non-hydrogen) atoms. The zero-order valence-electron chi connectivity index (χ0n) is 11.6. The summed E-state index contributed by atoms with van der Waals surface area (Å²) >= 11 is 0. The van der Waals surface area contributed by atoms with Gasteiger partial charge in [-0.15, -0.1) is 0 Å². The van der Waals surface area contributed by atoms with Crippen molar-refractivity contribution in [2.45, 2.75) is 32.3 Å². The Hall–Kier alpha value is -1.88. The van der Waals surface area contributed by atoms with Gasteiger partial charge in [0.1, 0.15) is 0 Å². The molecule has 0 bridgehead atoms. The van der Waals surface area contributed by atoms with Gasteiger partial charge in [-0.2, -0.15) is 0 Å². The van der Waals surface area contributed by atoms with Gasteiger partial charge in [0.25, 0.3) is 5.91 Å². The Morgan fingerprint density at radius 3 is 2.80 bits per heavy atom. The third-order valence-corrected chi connectivity index (χ3v) is 3.19. The Morgan fingerprint density at radius 1 is 1.40 bits per heavy atom. The Morgan fingerprint density at radius 2 is 2.15 bits per heavy atom. The highest BCUT2D eigenvalue weighted by molar-refractivity contribution is 5.98. The molecule has 0 saturated heterocycles. The van der Waals surface area contributed by atoms with Crippen LogP contribution in [0.2, 0.25) is 0 Å². The van der Waals surface area contributed by atoms with Crippen molar-refractivity contribution in [3.63, 3.8) is 0 Å². The highest BCUT2D eigenvalue weighted by atomic mass is 16.3. The zero-order valence-corrected chi connectivity index (χ0v) is 11.6. The molecule has 2 amide bonds. The quantitative estimate of drug-likeness (QED) is 0.737. The average Bonchev–Trinajstić information content (AvgIpc) is 3.22. The number of anilines is 1. The van der Waals surface area contributed by atoms with Crippen molar-refractivity contribution in [3.8, 4) is 0 Å². The van der Waals surface area contributed by atoms with E-state index in [1.54, 1.807) is 31.2 Å². The van der Waals surface area contributed by atoms with Crippen LogP contribution >= 0.6 is 0 Å². The van der Waals surface area contributed by atoms with Crippen LogP contribution in [0.1, 0.15) is 36.5 Å². The number of hydrogen-bond donors (Lipinski definition) is 3. The summed E-state index contributed by atoms with van der Waals surface area (Å²) in [6.07, 6.45) is 1.99. The first-order valence-corrected chi connectivity index (χ1v) is 6.93. The molecule has 1 unspecified atom stereocenters. The predicted molar refractivity (Wildman–Crippen MR) is 76.4 cm³/mol. The monoisotopic (exact) mass is 276 g/mol. The van der Waals surface area contributed by atoms with E-state index in [1.807, 2.05) is 0 Å². The molecular formula is C15H20N2O3. The van der Waals surface area contributed by atoms with E-state index in [4.69, 9.17) is 5.11 Å². The highest BCUT2D eigenvalue weighted by Gasteiger charge is 2.29. The lowest BCUT2D eigenvalue weighted by atomic mass is 10.1. The van der Waals surface area contributed by atoms with Gasteiger partial charge in [0, 0.05) is 23.7 Å². The van der Waals surface area contributed by atoms with Crippen molar-refractivity contribution in [2.24, 2.45) is 5.92 Å². The number of aliphatic hydroxyl groups is 1. The number of rotatable bonds is 6. The molecule has 108 valence electrons. The van der Waals surface area contributed by atoms with Crippen LogP contribution in [0.3, 0.4) is 0 Å². The zero-order chi connectivity index (χ0) is 14.5. The first-order chi connectivity index (χ1) is 9.56. The standard InChI is InChI=1S/C15H20N2O3/c1-10(18)7-8-16-14(19)12-3-2-4-13(9-12)17-15(20)11-5-6-11/h2-4,9-11,18H,5-8H2,1H3,(H,16,19)(H,17,20). The minimum atomic E-state index is -0.431. The SMILES string of the molecule is CC(O)CCNC(=O)c1cccc(NC(=O)C2CC2)c1. The molecule has 0 spiro atoms. The molecule has 1 fully saturated rings. The van der Waals surface area contributed by atoms with Gasteiger partial charge >= 0.3 is 0 Å². The van der Waals surface area contributed by atoms with E-state index in [9.17, 15) is 9.59 Å². The van der Waals surface area contributed by atoms with Crippen LogP contribution in [0.25, 0.3) is 0 Å². The highest BCUT2D eigenvalue weighted by Crippen LogP contribution is 2.30. The third kappa shape index (κ3) is 4.35. The van der Waals surface area contributed by atoms with Crippen LogP contribution in [-0.4, -0.2) is 29.6 Å². The second kappa shape index (κ2) is 6.52. The second-order valence-electron chi connectivity index (χ2n) is 5.24. The maximum atomic E-state index is 11.9. The summed E-state index contributed by atoms with van der Waals surface area (Å²) in [6, 6.07) is 6.88. The first-order valence-electron chi connectivity index (χ1n) is 6.93. The first kappa shape index (κ1) is 14.5. The Kier molecular flexibility index (Phi) is 4.74. The van der Waals surface area contributed by atoms with Crippen molar-refractivity contribution < 1.29 is 14.7 Å². The molecule has 0 radical (unpaired) electrons. The summed E-state index contributed by atoms with van der Waals surface area (Å²) in [7, 11) is 0. The van der Waals surface area contributed by atoms with Crippen molar-refractivity contribution in [2.75, 3.05) is 11.9 Å². The molecule has 5 nitrogen and oxygen atoms in total. The fourth-order valence-electron chi connectivity index (χ4n) is 1.82. The van der Waals surface area contributed by atoms with E-state index in [2.05, 4.69) is 10.6 Å². The molecule has 5 heteroatoms. The fourth-order valence-corrected chi connectivity index (χ4v) is 1.82. The average molecular weight is 276 g/mol. The lowest BCUT2D eigenvalue weighted by Crippen LogP contribution is -2.26. The largest absolute Gasteiger partial charge is 0.393 e. The molecule has 0 aliphatic heterocycles. The maximum Gasteiger partial charge on any atom is 0.251 e. The minimum absolute atomic E-state index is 0.0247. The number of amides is 2. The molecule has 1 aliphatic rings. The molecule has 1 aromatic carbocycles. The lowest BCUT2D eigenvalue weighted by Gasteiger charge is -2.09. The summed E-state index contributed by atoms with van der Waals surface area (Å²) in [5.41, 5.74) is 1.15. The van der Waals surface area contributed by atoms with Gasteiger partial charge in [0.15, 0.2) is 0 Å². The Labute approximate surface area is 118 Å². The number of benzene rings is 1. The van der Waals surface area contributed by atoms with Crippen LogP contribution in [0, 0.1) is 5.92 Å². The predicted octanol–water partition coefficient (Wildman–Crippen LogP) is 1.54. The number of aliphatic hydroxyl groups excluding tert-OH is 1. The van der Waals surface area contributed by atoms with Gasteiger partial charge in [-0.1, -0.05) is 6.07 Å². The molecule has 1 atom stereocenters. The Balaban J connectivity index is 1.90. The molecule has 1 aromatic rings. The van der Waals surface area contributed by atoms with Crippen molar-refractivity contribution in [1.82, 2.24) is 5.32 Å². The van der Waals surface area contributed by atoms with Crippen molar-refractivity contribution in [3.05, 3.63) is 29.8 Å². The number of hydrogen-bond acceptors (Lipinski definition) is 3. The van der Waals surface area contributed by atoms with Crippen LogP contribution in [0.5, 0.6) is 0 Å². The molecule has 3 N–H and O–H groups in total. The van der Waals surface area contributed by atoms with Gasteiger partial charge in [0.05, 0.1) is 6.10 Å². The molecule has 0 heterocycles. The van der Waals surface area contributed by atoms with E-state index < -0.39 is 6.10 Å². The van der Waals surface area contributed by atoms with Gasteiger partial charge in [-0.25, -0.2) is 0 Å².